The minimum Gasteiger partial charge on any atom is -0.690 e. The zero-order valence-electron chi connectivity index (χ0n) is 7.74. The van der Waals surface area contributed by atoms with E-state index < -0.39 is 0 Å². The molecule has 14 heavy (non-hydrogen) atoms. The molecular weight excluding hydrogens is 188 g/mol. The van der Waals surface area contributed by atoms with Crippen molar-refractivity contribution < 1.29 is 14.5 Å². The van der Waals surface area contributed by atoms with E-state index in [4.69, 9.17) is 4.42 Å². The van der Waals surface area contributed by atoms with Crippen LogP contribution < -0.4 is 15.5 Å². The molecule has 76 valence electrons. The zero-order chi connectivity index (χ0) is 10.3. The average Bonchev–Trinajstić information content (AvgIpc) is 2.69. The molecule has 0 aliphatic heterocycles. The lowest BCUT2D eigenvalue weighted by atomic mass is 10.4. The topological polar surface area (TPSA) is 89.3 Å². The van der Waals surface area contributed by atoms with Crippen molar-refractivity contribution in [3.63, 3.8) is 0 Å². The molecule has 0 fully saturated rings. The van der Waals surface area contributed by atoms with Crippen LogP contribution in [-0.4, -0.2) is 24.1 Å². The molecule has 3 N–H and O–H groups in total. The molecule has 0 bridgehead atoms. The largest absolute Gasteiger partial charge is 0.690 e. The van der Waals surface area contributed by atoms with Gasteiger partial charge in [0.2, 0.25) is 0 Å². The van der Waals surface area contributed by atoms with E-state index in [1.807, 2.05) is 0 Å². The van der Waals surface area contributed by atoms with Gasteiger partial charge in [0.05, 0.1) is 7.05 Å². The predicted octanol–water partition coefficient (Wildman–Crippen LogP) is 0.188. The van der Waals surface area contributed by atoms with Crippen LogP contribution in [0.1, 0.15) is 0 Å². The quantitative estimate of drug-likeness (QED) is 0.364. The highest BCUT2D eigenvalue weighted by Crippen LogP contribution is 2.28. The van der Waals surface area contributed by atoms with Gasteiger partial charge >= 0.3 is 5.82 Å². The van der Waals surface area contributed by atoms with Gasteiger partial charge in [-0.25, -0.2) is 0 Å². The number of fused-ring (bicyclic) bond motifs is 1. The molecule has 7 nitrogen and oxygen atoms in total. The van der Waals surface area contributed by atoms with E-state index in [2.05, 4.69) is 10.6 Å². The monoisotopic (exact) mass is 198 g/mol. The second kappa shape index (κ2) is 2.72. The first-order chi connectivity index (χ1) is 6.70. The van der Waals surface area contributed by atoms with Gasteiger partial charge in [-0.2, -0.15) is 0 Å². The number of furan rings is 1. The Hall–Kier alpha value is -2.05. The summed E-state index contributed by atoms with van der Waals surface area (Å²) in [6, 6.07) is 0. The Balaban J connectivity index is 2.83. The number of aromatic nitrogens is 2. The Bertz CT molecular complexity index is 473. The molecule has 2 aromatic heterocycles. The van der Waals surface area contributed by atoms with Gasteiger partial charge in [0.1, 0.15) is 12.0 Å². The fourth-order valence-corrected chi connectivity index (χ4v) is 1.38. The fourth-order valence-electron chi connectivity index (χ4n) is 1.38. The summed E-state index contributed by atoms with van der Waals surface area (Å²) in [5, 5.41) is 26.2. The maximum atomic E-state index is 11.3. The van der Waals surface area contributed by atoms with Crippen LogP contribution in [0, 0.1) is 5.21 Å². The lowest BCUT2D eigenvalue weighted by Gasteiger charge is -2.02. The Kier molecular flexibility index (Phi) is 1.66. The fraction of sp³-hybridized carbons (Fsp3) is 0.286. The highest BCUT2D eigenvalue weighted by atomic mass is 16.6. The molecule has 2 rings (SSSR count). The number of nitrogens with zero attached hydrogens (tertiary/aromatic N) is 2. The van der Waals surface area contributed by atoms with E-state index in [0.717, 1.165) is 0 Å². The van der Waals surface area contributed by atoms with Crippen LogP contribution in [0.5, 0.6) is 0 Å². The van der Waals surface area contributed by atoms with Gasteiger partial charge < -0.3 is 20.1 Å². The zero-order valence-corrected chi connectivity index (χ0v) is 7.74. The maximum Gasteiger partial charge on any atom is 0.345 e. The van der Waals surface area contributed by atoms with Crippen LogP contribution >= 0.6 is 0 Å². The molecule has 0 radical (unpaired) electrons. The smallest absolute Gasteiger partial charge is 0.345 e. The Morgan fingerprint density at radius 1 is 1.50 bits per heavy atom. The van der Waals surface area contributed by atoms with Crippen molar-refractivity contribution in [2.45, 2.75) is 0 Å². The summed E-state index contributed by atoms with van der Waals surface area (Å²) in [6.45, 7) is 0. The third kappa shape index (κ3) is 0.832. The van der Waals surface area contributed by atoms with Gasteiger partial charge in [0.25, 0.3) is 5.58 Å². The second-order valence-electron chi connectivity index (χ2n) is 2.74. The van der Waals surface area contributed by atoms with E-state index in [0.29, 0.717) is 26.5 Å². The van der Waals surface area contributed by atoms with Crippen LogP contribution in [0.3, 0.4) is 0 Å². The molecule has 0 saturated carbocycles. The molecule has 0 unspecified atom stereocenters. The van der Waals surface area contributed by atoms with E-state index in [1.54, 1.807) is 14.1 Å². The molecule has 0 amide bonds. The minimum absolute atomic E-state index is 0.170. The normalized spacial score (nSPS) is 10.7. The number of rotatable bonds is 2. The van der Waals surface area contributed by atoms with E-state index in [1.165, 1.54) is 6.26 Å². The van der Waals surface area contributed by atoms with Gasteiger partial charge in [-0.05, 0) is 4.85 Å². The number of anilines is 2. The maximum absolute atomic E-state index is 11.3. The lowest BCUT2D eigenvalue weighted by Crippen LogP contribution is -2.38. The van der Waals surface area contributed by atoms with Crippen molar-refractivity contribution in [3.8, 4) is 0 Å². The van der Waals surface area contributed by atoms with Gasteiger partial charge in [-0.15, -0.1) is 4.85 Å². The van der Waals surface area contributed by atoms with E-state index in [-0.39, 0.29) is 5.82 Å². The SMILES string of the molecule is CNc1coc2c(NC)[n+]([O-])n(O)c12. The first-order valence-electron chi connectivity index (χ1n) is 4.01. The summed E-state index contributed by atoms with van der Waals surface area (Å²) in [6.07, 6.45) is 1.43. The van der Waals surface area contributed by atoms with Crippen LogP contribution in [0.15, 0.2) is 10.7 Å². The molecule has 2 aromatic rings. The van der Waals surface area contributed by atoms with Crippen molar-refractivity contribution in [3.05, 3.63) is 11.5 Å². The molecule has 7 heteroatoms. The molecule has 0 saturated heterocycles. The van der Waals surface area contributed by atoms with Gasteiger partial charge in [-0.1, -0.05) is 0 Å². The summed E-state index contributed by atoms with van der Waals surface area (Å²) in [4.78, 5) is 0.797. The Morgan fingerprint density at radius 2 is 2.21 bits per heavy atom. The summed E-state index contributed by atoms with van der Waals surface area (Å²) in [5.74, 6) is 0.170. The number of hydrogen-bond donors (Lipinski definition) is 3. The summed E-state index contributed by atoms with van der Waals surface area (Å²) >= 11 is 0. The average molecular weight is 198 g/mol. The van der Waals surface area contributed by atoms with Gasteiger partial charge in [0, 0.05) is 7.05 Å². The van der Waals surface area contributed by atoms with E-state index in [9.17, 15) is 10.4 Å². The van der Waals surface area contributed by atoms with Crippen molar-refractivity contribution in [1.29, 1.82) is 0 Å². The molecule has 0 aliphatic carbocycles. The molecule has 0 spiro atoms. The molecule has 0 aromatic carbocycles. The summed E-state index contributed by atoms with van der Waals surface area (Å²) in [5.41, 5.74) is 1.18. The lowest BCUT2D eigenvalue weighted by molar-refractivity contribution is -0.709. The molecule has 2 heterocycles. The third-order valence-electron chi connectivity index (χ3n) is 2.05. The van der Waals surface area contributed by atoms with Crippen molar-refractivity contribution >= 4 is 22.6 Å². The summed E-state index contributed by atoms with van der Waals surface area (Å²) < 4.78 is 5.14. The standard InChI is InChI=1S/C7H10N4O3/c1-8-4-3-14-6-5(4)10(12)11(13)7(6)9-2/h3,8-9,12H,1-2H3. The molecule has 0 atom stereocenters. The Morgan fingerprint density at radius 3 is 2.79 bits per heavy atom. The van der Waals surface area contributed by atoms with Crippen LogP contribution in [0.4, 0.5) is 11.5 Å². The number of nitrogens with one attached hydrogen (secondary N) is 2. The van der Waals surface area contributed by atoms with Crippen molar-refractivity contribution in [2.75, 3.05) is 24.7 Å². The third-order valence-corrected chi connectivity index (χ3v) is 2.05. The highest BCUT2D eigenvalue weighted by Gasteiger charge is 2.23. The molecule has 0 aliphatic rings. The molecular formula is C7H10N4O3. The van der Waals surface area contributed by atoms with Crippen LogP contribution in [0.25, 0.3) is 11.1 Å². The van der Waals surface area contributed by atoms with E-state index >= 15 is 0 Å². The Labute approximate surface area is 79.1 Å². The predicted molar refractivity (Wildman–Crippen MR) is 49.4 cm³/mol. The van der Waals surface area contributed by atoms with Gasteiger partial charge in [0.15, 0.2) is 5.52 Å². The minimum atomic E-state index is 0.170. The highest BCUT2D eigenvalue weighted by molar-refractivity contribution is 5.92. The van der Waals surface area contributed by atoms with Crippen LogP contribution in [0.2, 0.25) is 0 Å². The second-order valence-corrected chi connectivity index (χ2v) is 2.74. The first-order valence-corrected chi connectivity index (χ1v) is 4.01. The van der Waals surface area contributed by atoms with Crippen molar-refractivity contribution in [2.24, 2.45) is 0 Å². The summed E-state index contributed by atoms with van der Waals surface area (Å²) in [7, 11) is 3.25. The van der Waals surface area contributed by atoms with Crippen LogP contribution in [-0.2, 0) is 0 Å². The first kappa shape index (κ1) is 8.54. The number of hydrogen-bond acceptors (Lipinski definition) is 5. The van der Waals surface area contributed by atoms with Crippen molar-refractivity contribution in [1.82, 2.24) is 4.85 Å². The van der Waals surface area contributed by atoms with Gasteiger partial charge in [-0.3, -0.25) is 5.32 Å².